The van der Waals surface area contributed by atoms with Gasteiger partial charge >= 0.3 is 6.03 Å². The molecule has 0 aliphatic carbocycles. The number of rotatable bonds is 2. The Hall–Kier alpha value is -2.30. The van der Waals surface area contributed by atoms with Crippen LogP contribution in [0.5, 0.6) is 0 Å². The lowest BCUT2D eigenvalue weighted by molar-refractivity contribution is 0.261. The second kappa shape index (κ2) is 5.14. The van der Waals surface area contributed by atoms with E-state index >= 15 is 0 Å². The van der Waals surface area contributed by atoms with Crippen LogP contribution in [0, 0.1) is 27.7 Å². The highest BCUT2D eigenvalue weighted by Gasteiger charge is 2.09. The Morgan fingerprint density at radius 2 is 1.68 bits per heavy atom. The van der Waals surface area contributed by atoms with Crippen molar-refractivity contribution in [3.63, 3.8) is 0 Å². The molecule has 1 aromatic carbocycles. The molecule has 2 rings (SSSR count). The molecule has 0 fully saturated rings. The Bertz CT molecular complexity index is 617. The summed E-state index contributed by atoms with van der Waals surface area (Å²) in [5.41, 5.74) is 4.87. The minimum absolute atomic E-state index is 0.330. The third-order valence-electron chi connectivity index (χ3n) is 2.95. The predicted molar refractivity (Wildman–Crippen MR) is 74.5 cm³/mol. The molecule has 2 N–H and O–H groups in total. The Labute approximate surface area is 112 Å². The van der Waals surface area contributed by atoms with E-state index in [0.29, 0.717) is 5.88 Å². The van der Waals surface area contributed by atoms with E-state index < -0.39 is 0 Å². The monoisotopic (exact) mass is 259 g/mol. The van der Waals surface area contributed by atoms with Gasteiger partial charge in [-0.15, -0.1) is 0 Å². The summed E-state index contributed by atoms with van der Waals surface area (Å²) in [6, 6.07) is 5.31. The van der Waals surface area contributed by atoms with Crippen LogP contribution < -0.4 is 10.6 Å². The molecule has 0 saturated heterocycles. The zero-order chi connectivity index (χ0) is 14.0. The molecule has 100 valence electrons. The number of nitrogens with one attached hydrogen (secondary N) is 2. The zero-order valence-corrected chi connectivity index (χ0v) is 11.5. The van der Waals surface area contributed by atoms with Crippen molar-refractivity contribution >= 4 is 17.6 Å². The van der Waals surface area contributed by atoms with Gasteiger partial charge in [-0.1, -0.05) is 11.2 Å². The molecule has 2 aromatic rings. The molecular formula is C14H17N3O2. The summed E-state index contributed by atoms with van der Waals surface area (Å²) in [6.07, 6.45) is 0. The third-order valence-corrected chi connectivity index (χ3v) is 2.95. The van der Waals surface area contributed by atoms with Crippen LogP contribution in [0.25, 0.3) is 0 Å². The van der Waals surface area contributed by atoms with Gasteiger partial charge in [0.05, 0.1) is 5.69 Å². The van der Waals surface area contributed by atoms with Crippen LogP contribution in [0.1, 0.15) is 22.4 Å². The van der Waals surface area contributed by atoms with Gasteiger partial charge in [-0.3, -0.25) is 5.32 Å². The first kappa shape index (κ1) is 13.1. The molecule has 0 aliphatic heterocycles. The molecule has 1 heterocycles. The molecule has 5 nitrogen and oxygen atoms in total. The van der Waals surface area contributed by atoms with Gasteiger partial charge in [0.25, 0.3) is 0 Å². The Kier molecular flexibility index (Phi) is 3.55. The summed E-state index contributed by atoms with van der Waals surface area (Å²) in [5, 5.41) is 9.09. The van der Waals surface area contributed by atoms with Crippen molar-refractivity contribution in [3.05, 3.63) is 40.6 Å². The number of amides is 2. The van der Waals surface area contributed by atoms with E-state index in [1.807, 2.05) is 32.9 Å². The largest absolute Gasteiger partial charge is 0.338 e. The van der Waals surface area contributed by atoms with Gasteiger partial charge in [0.2, 0.25) is 5.88 Å². The molecule has 0 saturated carbocycles. The molecule has 0 radical (unpaired) electrons. The second-order valence-corrected chi connectivity index (χ2v) is 4.66. The van der Waals surface area contributed by atoms with E-state index in [-0.39, 0.29) is 6.03 Å². The molecule has 1 aromatic heterocycles. The number of aryl methyl sites for hydroxylation is 4. The maximum absolute atomic E-state index is 11.8. The van der Waals surface area contributed by atoms with Gasteiger partial charge in [0.15, 0.2) is 0 Å². The average Bonchev–Trinajstić information content (AvgIpc) is 2.71. The van der Waals surface area contributed by atoms with Crippen molar-refractivity contribution in [2.45, 2.75) is 27.7 Å². The van der Waals surface area contributed by atoms with Crippen LogP contribution in [0.15, 0.2) is 22.7 Å². The molecule has 2 amide bonds. The number of nitrogens with zero attached hydrogens (tertiary/aromatic N) is 1. The van der Waals surface area contributed by atoms with Gasteiger partial charge in [0, 0.05) is 11.8 Å². The van der Waals surface area contributed by atoms with Crippen molar-refractivity contribution in [2.24, 2.45) is 0 Å². The van der Waals surface area contributed by atoms with Gasteiger partial charge in [-0.2, -0.15) is 0 Å². The van der Waals surface area contributed by atoms with Crippen LogP contribution in [-0.2, 0) is 0 Å². The van der Waals surface area contributed by atoms with Crippen LogP contribution in [0.3, 0.4) is 0 Å². The van der Waals surface area contributed by atoms with Crippen LogP contribution in [0.2, 0.25) is 0 Å². The number of anilines is 2. The zero-order valence-electron chi connectivity index (χ0n) is 11.5. The van der Waals surface area contributed by atoms with E-state index in [0.717, 1.165) is 22.5 Å². The molecular weight excluding hydrogens is 242 g/mol. The Morgan fingerprint density at radius 1 is 1.00 bits per heavy atom. The fourth-order valence-electron chi connectivity index (χ4n) is 1.78. The Morgan fingerprint density at radius 3 is 2.32 bits per heavy atom. The fourth-order valence-corrected chi connectivity index (χ4v) is 1.78. The van der Waals surface area contributed by atoms with Gasteiger partial charge in [-0.05, 0) is 50.5 Å². The van der Waals surface area contributed by atoms with E-state index in [9.17, 15) is 4.79 Å². The molecule has 19 heavy (non-hydrogen) atoms. The summed E-state index contributed by atoms with van der Waals surface area (Å²) in [7, 11) is 0. The highest BCUT2D eigenvalue weighted by molar-refractivity contribution is 5.99. The van der Waals surface area contributed by atoms with Gasteiger partial charge < -0.3 is 9.84 Å². The number of hydrogen-bond donors (Lipinski definition) is 2. The van der Waals surface area contributed by atoms with Crippen molar-refractivity contribution in [2.75, 3.05) is 10.6 Å². The summed E-state index contributed by atoms with van der Waals surface area (Å²) >= 11 is 0. The first-order chi connectivity index (χ1) is 8.95. The van der Waals surface area contributed by atoms with Crippen LogP contribution in [0.4, 0.5) is 16.4 Å². The SMILES string of the molecule is Cc1cc(NC(=O)Nc2cc(C)c(C)cc2C)on1. The lowest BCUT2D eigenvalue weighted by Crippen LogP contribution is -2.19. The number of carbonyl (C=O) groups is 1. The number of carbonyl (C=O) groups excluding carboxylic acids is 1. The lowest BCUT2D eigenvalue weighted by Gasteiger charge is -2.11. The standard InChI is InChI=1S/C14H17N3O2/c1-8-5-10(3)12(6-9(8)2)15-14(18)16-13-7-11(4)17-19-13/h5-7H,1-4H3,(H2,15,16,18). The summed E-state index contributed by atoms with van der Waals surface area (Å²) in [6.45, 7) is 7.81. The van der Waals surface area contributed by atoms with E-state index in [1.165, 1.54) is 5.56 Å². The van der Waals surface area contributed by atoms with Crippen LogP contribution >= 0.6 is 0 Å². The van der Waals surface area contributed by atoms with Gasteiger partial charge in [-0.25, -0.2) is 4.79 Å². The number of aromatic nitrogens is 1. The highest BCUT2D eigenvalue weighted by Crippen LogP contribution is 2.20. The first-order valence-electron chi connectivity index (χ1n) is 6.05. The topological polar surface area (TPSA) is 67.2 Å². The molecule has 0 unspecified atom stereocenters. The third kappa shape index (κ3) is 3.13. The first-order valence-corrected chi connectivity index (χ1v) is 6.05. The summed E-state index contributed by atoms with van der Waals surface area (Å²) < 4.78 is 4.92. The second-order valence-electron chi connectivity index (χ2n) is 4.66. The van der Waals surface area contributed by atoms with E-state index in [4.69, 9.17) is 4.52 Å². The number of urea groups is 1. The molecule has 0 spiro atoms. The minimum atomic E-state index is -0.345. The summed E-state index contributed by atoms with van der Waals surface area (Å²) in [5.74, 6) is 0.330. The van der Waals surface area contributed by atoms with Crippen molar-refractivity contribution in [3.8, 4) is 0 Å². The van der Waals surface area contributed by atoms with Crippen molar-refractivity contribution < 1.29 is 9.32 Å². The predicted octanol–water partition coefficient (Wildman–Crippen LogP) is 3.55. The quantitative estimate of drug-likeness (QED) is 0.866. The van der Waals surface area contributed by atoms with E-state index in [2.05, 4.69) is 15.8 Å². The Balaban J connectivity index is 2.09. The molecule has 0 bridgehead atoms. The van der Waals surface area contributed by atoms with Crippen molar-refractivity contribution in [1.29, 1.82) is 0 Å². The smallest absolute Gasteiger partial charge is 0.326 e. The minimum Gasteiger partial charge on any atom is -0.338 e. The lowest BCUT2D eigenvalue weighted by atomic mass is 10.1. The normalized spacial score (nSPS) is 10.3. The maximum Gasteiger partial charge on any atom is 0.326 e. The van der Waals surface area contributed by atoms with Gasteiger partial charge in [0.1, 0.15) is 0 Å². The highest BCUT2D eigenvalue weighted by atomic mass is 16.5. The molecule has 0 aliphatic rings. The molecule has 5 heteroatoms. The van der Waals surface area contributed by atoms with Crippen molar-refractivity contribution in [1.82, 2.24) is 5.16 Å². The maximum atomic E-state index is 11.8. The fraction of sp³-hybridized carbons (Fsp3) is 0.286. The molecule has 0 atom stereocenters. The van der Waals surface area contributed by atoms with E-state index in [1.54, 1.807) is 13.0 Å². The summed E-state index contributed by atoms with van der Waals surface area (Å²) in [4.78, 5) is 11.8. The average molecular weight is 259 g/mol. The van der Waals surface area contributed by atoms with Crippen LogP contribution in [-0.4, -0.2) is 11.2 Å². The number of benzene rings is 1. The number of hydrogen-bond acceptors (Lipinski definition) is 3.